The van der Waals surface area contributed by atoms with Crippen LogP contribution in [0.4, 0.5) is 0 Å². The zero-order chi connectivity index (χ0) is 14.5. The van der Waals surface area contributed by atoms with Crippen LogP contribution < -0.4 is 5.32 Å². The first-order valence-electron chi connectivity index (χ1n) is 7.20. The fraction of sp³-hybridized carbons (Fsp3) is 0.643. The van der Waals surface area contributed by atoms with Gasteiger partial charge in [0.2, 0.25) is 0 Å². The van der Waals surface area contributed by atoms with Gasteiger partial charge in [-0.3, -0.25) is 9.36 Å². The van der Waals surface area contributed by atoms with Crippen molar-refractivity contribution in [3.05, 3.63) is 28.8 Å². The first-order valence-corrected chi connectivity index (χ1v) is 7.20. The smallest absolute Gasteiger partial charge is 0.104 e. The van der Waals surface area contributed by atoms with Gasteiger partial charge in [-0.2, -0.15) is 5.10 Å². The van der Waals surface area contributed by atoms with Crippen molar-refractivity contribution in [2.24, 2.45) is 7.05 Å². The number of hydrogen-bond donors (Lipinski definition) is 1. The molecule has 0 aromatic carbocycles. The Morgan fingerprint density at radius 1 is 1.25 bits per heavy atom. The van der Waals surface area contributed by atoms with Gasteiger partial charge >= 0.3 is 0 Å². The highest BCUT2D eigenvalue weighted by atomic mass is 15.4. The van der Waals surface area contributed by atoms with Crippen LogP contribution in [0.3, 0.4) is 0 Å². The summed E-state index contributed by atoms with van der Waals surface area (Å²) in [5.74, 6) is 0. The molecule has 0 saturated heterocycles. The van der Waals surface area contributed by atoms with E-state index >= 15 is 0 Å². The Bertz CT molecular complexity index is 554. The largest absolute Gasteiger partial charge is 0.316 e. The Morgan fingerprint density at radius 2 is 2.05 bits per heavy atom. The van der Waals surface area contributed by atoms with E-state index in [0.717, 1.165) is 30.9 Å². The van der Waals surface area contributed by atoms with E-state index in [9.17, 15) is 0 Å². The average Bonchev–Trinajstić information content (AvgIpc) is 2.93. The first-order chi connectivity index (χ1) is 9.61. The van der Waals surface area contributed by atoms with Crippen molar-refractivity contribution in [1.29, 1.82) is 0 Å². The van der Waals surface area contributed by atoms with Crippen LogP contribution in [0, 0.1) is 13.8 Å². The van der Waals surface area contributed by atoms with Crippen LogP contribution in [0.15, 0.2) is 6.20 Å². The summed E-state index contributed by atoms with van der Waals surface area (Å²) in [7, 11) is 1.88. The van der Waals surface area contributed by atoms with E-state index in [4.69, 9.17) is 0 Å². The summed E-state index contributed by atoms with van der Waals surface area (Å²) in [4.78, 5) is 0. The second-order valence-electron chi connectivity index (χ2n) is 5.19. The van der Waals surface area contributed by atoms with Gasteiger partial charge in [0.15, 0.2) is 0 Å². The molecule has 0 amide bonds. The minimum Gasteiger partial charge on any atom is -0.316 e. The molecule has 6 heteroatoms. The number of aromatic nitrogens is 5. The van der Waals surface area contributed by atoms with Crippen LogP contribution in [0.1, 0.15) is 36.0 Å². The van der Waals surface area contributed by atoms with Crippen LogP contribution in [0.25, 0.3) is 0 Å². The molecular weight excluding hydrogens is 252 g/mol. The van der Waals surface area contributed by atoms with E-state index in [2.05, 4.69) is 41.5 Å². The summed E-state index contributed by atoms with van der Waals surface area (Å²) in [5.41, 5.74) is 4.63. The van der Waals surface area contributed by atoms with Gasteiger partial charge in [0.05, 0.1) is 12.2 Å². The minimum atomic E-state index is 0.683. The second kappa shape index (κ2) is 6.65. The van der Waals surface area contributed by atoms with Crippen molar-refractivity contribution in [2.75, 3.05) is 13.1 Å². The quantitative estimate of drug-likeness (QED) is 0.772. The molecule has 0 spiro atoms. The van der Waals surface area contributed by atoms with Crippen molar-refractivity contribution in [2.45, 2.75) is 40.2 Å². The molecule has 0 bridgehead atoms. The lowest BCUT2D eigenvalue weighted by Crippen LogP contribution is -2.18. The molecule has 2 heterocycles. The Labute approximate surface area is 120 Å². The number of hydrogen-bond acceptors (Lipinski definition) is 4. The van der Waals surface area contributed by atoms with Gasteiger partial charge in [0.25, 0.3) is 0 Å². The van der Waals surface area contributed by atoms with Gasteiger partial charge in [-0.25, -0.2) is 0 Å². The van der Waals surface area contributed by atoms with Crippen molar-refractivity contribution >= 4 is 0 Å². The first kappa shape index (κ1) is 14.7. The highest BCUT2D eigenvalue weighted by Gasteiger charge is 2.12. The van der Waals surface area contributed by atoms with E-state index in [1.807, 2.05) is 17.9 Å². The van der Waals surface area contributed by atoms with E-state index in [1.165, 1.54) is 17.7 Å². The molecule has 2 rings (SSSR count). The summed E-state index contributed by atoms with van der Waals surface area (Å²) in [6.45, 7) is 9.16. The van der Waals surface area contributed by atoms with Crippen molar-refractivity contribution in [3.8, 4) is 0 Å². The third-order valence-corrected chi connectivity index (χ3v) is 3.47. The molecule has 0 aliphatic rings. The molecule has 6 nitrogen and oxygen atoms in total. The molecule has 2 aromatic heterocycles. The van der Waals surface area contributed by atoms with E-state index in [1.54, 1.807) is 4.68 Å². The topological polar surface area (TPSA) is 60.6 Å². The number of nitrogens with zero attached hydrogens (tertiary/aromatic N) is 5. The summed E-state index contributed by atoms with van der Waals surface area (Å²) < 4.78 is 3.74. The Balaban J connectivity index is 2.04. The van der Waals surface area contributed by atoms with Gasteiger partial charge in [0, 0.05) is 18.9 Å². The predicted molar refractivity (Wildman–Crippen MR) is 78.7 cm³/mol. The normalized spacial score (nSPS) is 11.2. The van der Waals surface area contributed by atoms with Crippen LogP contribution in [0.5, 0.6) is 0 Å². The molecule has 0 atom stereocenters. The van der Waals surface area contributed by atoms with Crippen LogP contribution in [-0.4, -0.2) is 37.9 Å². The predicted octanol–water partition coefficient (Wildman–Crippen LogP) is 1.22. The van der Waals surface area contributed by atoms with E-state index in [-0.39, 0.29) is 0 Å². The minimum absolute atomic E-state index is 0.683. The standard InChI is InChI=1S/C14H24N6/c1-5-7-15-8-6-14-11(2)17-20(12(14)3)10-13-9-19(4)18-16-13/h9,15H,5-8,10H2,1-4H3. The Morgan fingerprint density at radius 3 is 2.70 bits per heavy atom. The van der Waals surface area contributed by atoms with Gasteiger partial charge < -0.3 is 5.32 Å². The molecule has 0 fully saturated rings. The lowest BCUT2D eigenvalue weighted by Gasteiger charge is -2.05. The zero-order valence-corrected chi connectivity index (χ0v) is 12.8. The number of rotatable bonds is 7. The maximum Gasteiger partial charge on any atom is 0.104 e. The summed E-state index contributed by atoms with van der Waals surface area (Å²) in [6, 6.07) is 0. The van der Waals surface area contributed by atoms with Crippen LogP contribution in [-0.2, 0) is 20.0 Å². The SMILES string of the molecule is CCCNCCc1c(C)nn(Cc2cn(C)nn2)c1C. The maximum atomic E-state index is 4.63. The fourth-order valence-corrected chi connectivity index (χ4v) is 2.39. The molecular formula is C14H24N6. The van der Waals surface area contributed by atoms with Crippen molar-refractivity contribution < 1.29 is 0 Å². The third-order valence-electron chi connectivity index (χ3n) is 3.47. The average molecular weight is 276 g/mol. The molecule has 0 aliphatic heterocycles. The van der Waals surface area contributed by atoms with Crippen LogP contribution >= 0.6 is 0 Å². The highest BCUT2D eigenvalue weighted by Crippen LogP contribution is 2.14. The van der Waals surface area contributed by atoms with Gasteiger partial charge in [0.1, 0.15) is 5.69 Å². The van der Waals surface area contributed by atoms with Crippen LogP contribution in [0.2, 0.25) is 0 Å². The third kappa shape index (κ3) is 3.45. The van der Waals surface area contributed by atoms with E-state index in [0.29, 0.717) is 6.54 Å². The monoisotopic (exact) mass is 276 g/mol. The van der Waals surface area contributed by atoms with Crippen molar-refractivity contribution in [1.82, 2.24) is 30.1 Å². The molecule has 0 unspecified atom stereocenters. The second-order valence-corrected chi connectivity index (χ2v) is 5.19. The zero-order valence-electron chi connectivity index (χ0n) is 12.8. The van der Waals surface area contributed by atoms with Gasteiger partial charge in [-0.1, -0.05) is 12.1 Å². The molecule has 0 aliphatic carbocycles. The van der Waals surface area contributed by atoms with Gasteiger partial charge in [-0.15, -0.1) is 5.10 Å². The lowest BCUT2D eigenvalue weighted by molar-refractivity contribution is 0.640. The summed E-state index contributed by atoms with van der Waals surface area (Å²) in [6.07, 6.45) is 4.13. The molecule has 110 valence electrons. The summed E-state index contributed by atoms with van der Waals surface area (Å²) >= 11 is 0. The Hall–Kier alpha value is -1.69. The molecule has 0 saturated carbocycles. The number of aryl methyl sites for hydroxylation is 2. The fourth-order valence-electron chi connectivity index (χ4n) is 2.39. The van der Waals surface area contributed by atoms with E-state index < -0.39 is 0 Å². The molecule has 1 N–H and O–H groups in total. The molecule has 20 heavy (non-hydrogen) atoms. The maximum absolute atomic E-state index is 4.63. The summed E-state index contributed by atoms with van der Waals surface area (Å²) in [5, 5.41) is 16.1. The highest BCUT2D eigenvalue weighted by molar-refractivity contribution is 5.25. The Kier molecular flexibility index (Phi) is 4.89. The lowest BCUT2D eigenvalue weighted by atomic mass is 10.1. The number of nitrogens with one attached hydrogen (secondary N) is 1. The molecule has 2 aromatic rings. The van der Waals surface area contributed by atoms with Crippen molar-refractivity contribution in [3.63, 3.8) is 0 Å². The molecule has 0 radical (unpaired) electrons. The van der Waals surface area contributed by atoms with Gasteiger partial charge in [-0.05, 0) is 45.3 Å².